The lowest BCUT2D eigenvalue weighted by Gasteiger charge is -2.35. The van der Waals surface area contributed by atoms with Gasteiger partial charge in [0.1, 0.15) is 5.82 Å². The Morgan fingerprint density at radius 2 is 1.65 bits per heavy atom. The fraction of sp³-hybridized carbons (Fsp3) is 0.308. The predicted molar refractivity (Wildman–Crippen MR) is 82.8 cm³/mol. The van der Waals surface area contributed by atoms with E-state index in [0.717, 1.165) is 42.4 Å². The van der Waals surface area contributed by atoms with Gasteiger partial charge in [0.05, 0.1) is 16.4 Å². The number of nitrogens with two attached hydrogens (primary N) is 1. The molecule has 0 unspecified atom stereocenters. The second-order valence-corrected chi connectivity index (χ2v) is 5.45. The molecule has 0 atom stereocenters. The minimum absolute atomic E-state index is 0.664. The summed E-state index contributed by atoms with van der Waals surface area (Å²) in [5.74, 6) is 1.73. The number of piperazine rings is 1. The van der Waals surface area contributed by atoms with Crippen molar-refractivity contribution in [2.24, 2.45) is 0 Å². The molecule has 6 nitrogen and oxygen atoms in total. The standard InChI is InChI=1S/C13H15BrN6/c14-11-8-10(15)9-18-12(11)19-4-6-20(7-5-19)13-16-2-1-3-17-13/h1-3,8-9H,4-7,15H2. The monoisotopic (exact) mass is 334 g/mol. The number of nitrogen functional groups attached to an aromatic ring is 1. The first kappa shape index (κ1) is 13.1. The highest BCUT2D eigenvalue weighted by Crippen LogP contribution is 2.26. The molecule has 2 aromatic rings. The Morgan fingerprint density at radius 1 is 1.00 bits per heavy atom. The number of pyridine rings is 1. The first-order valence-corrected chi connectivity index (χ1v) is 7.21. The summed E-state index contributed by atoms with van der Waals surface area (Å²) in [5.41, 5.74) is 6.38. The maximum atomic E-state index is 5.72. The molecule has 1 aliphatic heterocycles. The van der Waals surface area contributed by atoms with Crippen LogP contribution in [0.25, 0.3) is 0 Å². The molecule has 0 saturated carbocycles. The fourth-order valence-electron chi connectivity index (χ4n) is 2.25. The SMILES string of the molecule is Nc1cnc(N2CCN(c3ncccn3)CC2)c(Br)c1. The molecular formula is C13H15BrN6. The fourth-order valence-corrected chi connectivity index (χ4v) is 2.87. The van der Waals surface area contributed by atoms with Crippen molar-refractivity contribution in [2.75, 3.05) is 41.7 Å². The van der Waals surface area contributed by atoms with E-state index < -0.39 is 0 Å². The maximum absolute atomic E-state index is 5.72. The zero-order valence-electron chi connectivity index (χ0n) is 10.9. The van der Waals surface area contributed by atoms with Crippen molar-refractivity contribution in [1.29, 1.82) is 0 Å². The van der Waals surface area contributed by atoms with Crippen LogP contribution in [0.2, 0.25) is 0 Å². The second-order valence-electron chi connectivity index (χ2n) is 4.60. The summed E-state index contributed by atoms with van der Waals surface area (Å²) in [6, 6.07) is 3.71. The highest BCUT2D eigenvalue weighted by Gasteiger charge is 2.21. The van der Waals surface area contributed by atoms with Crippen molar-refractivity contribution in [3.63, 3.8) is 0 Å². The van der Waals surface area contributed by atoms with Crippen LogP contribution in [0.1, 0.15) is 0 Å². The number of nitrogens with zero attached hydrogens (tertiary/aromatic N) is 5. The summed E-state index contributed by atoms with van der Waals surface area (Å²) in [4.78, 5) is 17.4. The number of anilines is 3. The van der Waals surface area contributed by atoms with E-state index >= 15 is 0 Å². The predicted octanol–water partition coefficient (Wildman–Crippen LogP) is 1.54. The number of aromatic nitrogens is 3. The van der Waals surface area contributed by atoms with Gasteiger partial charge in [-0.15, -0.1) is 0 Å². The van der Waals surface area contributed by atoms with Gasteiger partial charge < -0.3 is 15.5 Å². The minimum Gasteiger partial charge on any atom is -0.397 e. The molecule has 1 aliphatic rings. The molecule has 0 aromatic carbocycles. The largest absolute Gasteiger partial charge is 0.397 e. The first-order valence-electron chi connectivity index (χ1n) is 6.42. The summed E-state index contributed by atoms with van der Waals surface area (Å²) >= 11 is 3.52. The van der Waals surface area contributed by atoms with Crippen LogP contribution in [0.5, 0.6) is 0 Å². The average molecular weight is 335 g/mol. The molecule has 0 bridgehead atoms. The molecule has 0 spiro atoms. The first-order chi connectivity index (χ1) is 9.74. The van der Waals surface area contributed by atoms with Gasteiger partial charge in [-0.3, -0.25) is 0 Å². The van der Waals surface area contributed by atoms with Crippen molar-refractivity contribution >= 4 is 33.4 Å². The number of hydrogen-bond donors (Lipinski definition) is 1. The zero-order chi connectivity index (χ0) is 13.9. The van der Waals surface area contributed by atoms with Crippen LogP contribution < -0.4 is 15.5 Å². The molecular weight excluding hydrogens is 320 g/mol. The Balaban J connectivity index is 1.69. The van der Waals surface area contributed by atoms with E-state index in [1.54, 1.807) is 18.6 Å². The van der Waals surface area contributed by atoms with Crippen LogP contribution in [0, 0.1) is 0 Å². The zero-order valence-corrected chi connectivity index (χ0v) is 12.5. The molecule has 1 fully saturated rings. The van der Waals surface area contributed by atoms with Crippen LogP contribution in [0.15, 0.2) is 35.2 Å². The number of halogens is 1. The van der Waals surface area contributed by atoms with Gasteiger partial charge in [0.15, 0.2) is 0 Å². The van der Waals surface area contributed by atoms with Gasteiger partial charge in [0.2, 0.25) is 5.95 Å². The van der Waals surface area contributed by atoms with Gasteiger partial charge in [0.25, 0.3) is 0 Å². The van der Waals surface area contributed by atoms with Crippen molar-refractivity contribution in [2.45, 2.75) is 0 Å². The lowest BCUT2D eigenvalue weighted by molar-refractivity contribution is 0.634. The van der Waals surface area contributed by atoms with Gasteiger partial charge in [-0.05, 0) is 28.1 Å². The van der Waals surface area contributed by atoms with Crippen LogP contribution in [0.3, 0.4) is 0 Å². The quantitative estimate of drug-likeness (QED) is 0.898. The van der Waals surface area contributed by atoms with Crippen molar-refractivity contribution < 1.29 is 0 Å². The maximum Gasteiger partial charge on any atom is 0.225 e. The molecule has 2 aromatic heterocycles. The van der Waals surface area contributed by atoms with Crippen LogP contribution >= 0.6 is 15.9 Å². The topological polar surface area (TPSA) is 71.2 Å². The van der Waals surface area contributed by atoms with Crippen molar-refractivity contribution in [3.8, 4) is 0 Å². The summed E-state index contributed by atoms with van der Waals surface area (Å²) in [5, 5.41) is 0. The van der Waals surface area contributed by atoms with Gasteiger partial charge in [0, 0.05) is 38.6 Å². The highest BCUT2D eigenvalue weighted by molar-refractivity contribution is 9.10. The van der Waals surface area contributed by atoms with Gasteiger partial charge in [-0.25, -0.2) is 15.0 Å². The van der Waals surface area contributed by atoms with E-state index in [1.165, 1.54) is 0 Å². The molecule has 3 rings (SSSR count). The van der Waals surface area contributed by atoms with E-state index in [2.05, 4.69) is 40.7 Å². The number of hydrogen-bond acceptors (Lipinski definition) is 6. The summed E-state index contributed by atoms with van der Waals surface area (Å²) in [6.07, 6.45) is 5.23. The van der Waals surface area contributed by atoms with E-state index in [0.29, 0.717) is 5.69 Å². The highest BCUT2D eigenvalue weighted by atomic mass is 79.9. The summed E-state index contributed by atoms with van der Waals surface area (Å²) < 4.78 is 0.932. The van der Waals surface area contributed by atoms with Crippen LogP contribution in [-0.4, -0.2) is 41.1 Å². The Bertz CT molecular complexity index is 583. The third-order valence-corrected chi connectivity index (χ3v) is 3.84. The molecule has 20 heavy (non-hydrogen) atoms. The Hall–Kier alpha value is -1.89. The summed E-state index contributed by atoms with van der Waals surface area (Å²) in [7, 11) is 0. The molecule has 7 heteroatoms. The average Bonchev–Trinajstić information content (AvgIpc) is 2.48. The molecule has 3 heterocycles. The third kappa shape index (κ3) is 2.67. The number of rotatable bonds is 2. The van der Waals surface area contributed by atoms with Crippen LogP contribution in [-0.2, 0) is 0 Å². The van der Waals surface area contributed by atoms with Gasteiger partial charge >= 0.3 is 0 Å². The smallest absolute Gasteiger partial charge is 0.225 e. The minimum atomic E-state index is 0.664. The van der Waals surface area contributed by atoms with E-state index in [4.69, 9.17) is 5.73 Å². The lowest BCUT2D eigenvalue weighted by atomic mass is 10.3. The van der Waals surface area contributed by atoms with Gasteiger partial charge in [-0.2, -0.15) is 0 Å². The Labute approximate surface area is 125 Å². The summed E-state index contributed by atoms with van der Waals surface area (Å²) in [6.45, 7) is 3.52. The van der Waals surface area contributed by atoms with E-state index in [-0.39, 0.29) is 0 Å². The lowest BCUT2D eigenvalue weighted by Crippen LogP contribution is -2.47. The van der Waals surface area contributed by atoms with Gasteiger partial charge in [-0.1, -0.05) is 0 Å². The van der Waals surface area contributed by atoms with E-state index in [1.807, 2.05) is 12.1 Å². The molecule has 104 valence electrons. The normalized spacial score (nSPS) is 15.4. The van der Waals surface area contributed by atoms with Crippen LogP contribution in [0.4, 0.5) is 17.5 Å². The molecule has 0 aliphatic carbocycles. The van der Waals surface area contributed by atoms with E-state index in [9.17, 15) is 0 Å². The molecule has 1 saturated heterocycles. The van der Waals surface area contributed by atoms with Crippen molar-refractivity contribution in [1.82, 2.24) is 15.0 Å². The second kappa shape index (κ2) is 5.62. The Morgan fingerprint density at radius 3 is 2.30 bits per heavy atom. The Kier molecular flexibility index (Phi) is 3.68. The van der Waals surface area contributed by atoms with Crippen molar-refractivity contribution in [3.05, 3.63) is 35.2 Å². The molecule has 0 amide bonds. The molecule has 2 N–H and O–H groups in total. The third-order valence-electron chi connectivity index (χ3n) is 3.26. The molecule has 0 radical (unpaired) electrons.